The number of rotatable bonds is 2. The van der Waals surface area contributed by atoms with Crippen molar-refractivity contribution < 1.29 is 8.78 Å². The van der Waals surface area contributed by atoms with Crippen molar-refractivity contribution >= 4 is 11.0 Å². The second kappa shape index (κ2) is 5.57. The molecule has 0 spiro atoms. The number of aryl methyl sites for hydroxylation is 1. The summed E-state index contributed by atoms with van der Waals surface area (Å²) in [6, 6.07) is 17.8. The topological polar surface area (TPSA) is 28.7 Å². The fraction of sp³-hybridized carbons (Fsp3) is 0.0500. The van der Waals surface area contributed by atoms with Crippen molar-refractivity contribution in [2.24, 2.45) is 0 Å². The lowest BCUT2D eigenvalue weighted by Gasteiger charge is -2.06. The average molecular weight is 320 g/mol. The molecule has 0 unspecified atom stereocenters. The molecule has 1 heterocycles. The number of hydrogen-bond donors (Lipinski definition) is 1. The molecule has 4 heteroatoms. The summed E-state index contributed by atoms with van der Waals surface area (Å²) in [6.45, 7) is 1.93. The van der Waals surface area contributed by atoms with Gasteiger partial charge in [0.2, 0.25) is 0 Å². The Kier molecular flexibility index (Phi) is 3.38. The summed E-state index contributed by atoms with van der Waals surface area (Å²) >= 11 is 0. The van der Waals surface area contributed by atoms with Crippen LogP contribution in [0, 0.1) is 18.6 Å². The lowest BCUT2D eigenvalue weighted by atomic mass is 10.00. The molecule has 0 radical (unpaired) electrons. The Morgan fingerprint density at radius 3 is 1.96 bits per heavy atom. The van der Waals surface area contributed by atoms with Crippen LogP contribution >= 0.6 is 0 Å². The van der Waals surface area contributed by atoms with Crippen LogP contribution in [-0.2, 0) is 0 Å². The molecule has 0 saturated heterocycles. The van der Waals surface area contributed by atoms with Crippen molar-refractivity contribution in [1.29, 1.82) is 0 Å². The van der Waals surface area contributed by atoms with E-state index in [0.29, 0.717) is 5.56 Å². The second-order valence-electron chi connectivity index (χ2n) is 5.76. The van der Waals surface area contributed by atoms with Crippen LogP contribution in [-0.4, -0.2) is 9.97 Å². The van der Waals surface area contributed by atoms with Gasteiger partial charge >= 0.3 is 0 Å². The molecular formula is C20H14F2N2. The maximum atomic E-state index is 13.4. The van der Waals surface area contributed by atoms with E-state index in [0.717, 1.165) is 39.6 Å². The zero-order valence-electron chi connectivity index (χ0n) is 13.0. The largest absolute Gasteiger partial charge is 0.342 e. The predicted octanol–water partition coefficient (Wildman–Crippen LogP) is 5.48. The summed E-state index contributed by atoms with van der Waals surface area (Å²) in [5.41, 5.74) is 5.55. The van der Waals surface area contributed by atoms with E-state index in [1.807, 2.05) is 43.3 Å². The molecule has 3 aromatic carbocycles. The van der Waals surface area contributed by atoms with Crippen LogP contribution < -0.4 is 0 Å². The third kappa shape index (κ3) is 2.56. The molecule has 1 N–H and O–H groups in total. The van der Waals surface area contributed by atoms with Gasteiger partial charge in [-0.3, -0.25) is 0 Å². The zero-order chi connectivity index (χ0) is 16.7. The van der Waals surface area contributed by atoms with Crippen molar-refractivity contribution in [3.05, 3.63) is 78.1 Å². The van der Waals surface area contributed by atoms with Gasteiger partial charge in [0.25, 0.3) is 0 Å². The summed E-state index contributed by atoms with van der Waals surface area (Å²) in [4.78, 5) is 7.62. The van der Waals surface area contributed by atoms with E-state index in [2.05, 4.69) is 16.0 Å². The summed E-state index contributed by atoms with van der Waals surface area (Å²) in [5, 5.41) is 0. The van der Waals surface area contributed by atoms with Crippen molar-refractivity contribution in [2.45, 2.75) is 6.92 Å². The van der Waals surface area contributed by atoms with Crippen molar-refractivity contribution in [3.8, 4) is 22.3 Å². The number of aromatic amines is 1. The Hall–Kier alpha value is -3.01. The van der Waals surface area contributed by atoms with E-state index in [9.17, 15) is 8.78 Å². The molecule has 0 aliphatic rings. The zero-order valence-corrected chi connectivity index (χ0v) is 13.0. The lowest BCUT2D eigenvalue weighted by Crippen LogP contribution is -1.86. The fourth-order valence-electron chi connectivity index (χ4n) is 2.85. The lowest BCUT2D eigenvalue weighted by molar-refractivity contribution is 0.509. The predicted molar refractivity (Wildman–Crippen MR) is 91.6 cm³/mol. The molecule has 4 aromatic rings. The molecule has 0 aliphatic carbocycles. The van der Waals surface area contributed by atoms with Crippen LogP contribution in [0.1, 0.15) is 5.82 Å². The Labute approximate surface area is 137 Å². The van der Waals surface area contributed by atoms with E-state index in [1.54, 1.807) is 6.07 Å². The van der Waals surface area contributed by atoms with E-state index in [4.69, 9.17) is 0 Å². The molecule has 24 heavy (non-hydrogen) atoms. The number of halogens is 2. The summed E-state index contributed by atoms with van der Waals surface area (Å²) < 4.78 is 26.4. The first kappa shape index (κ1) is 14.6. The van der Waals surface area contributed by atoms with Gasteiger partial charge in [-0.2, -0.15) is 0 Å². The number of aromatic nitrogens is 2. The number of nitrogens with zero attached hydrogens (tertiary/aromatic N) is 1. The molecule has 118 valence electrons. The second-order valence-corrected chi connectivity index (χ2v) is 5.76. The highest BCUT2D eigenvalue weighted by Crippen LogP contribution is 2.27. The van der Waals surface area contributed by atoms with Gasteiger partial charge in [-0.15, -0.1) is 0 Å². The van der Waals surface area contributed by atoms with Crippen LogP contribution in [0.25, 0.3) is 33.3 Å². The maximum Gasteiger partial charge on any atom is 0.159 e. The average Bonchev–Trinajstić information content (AvgIpc) is 2.96. The molecule has 4 rings (SSSR count). The van der Waals surface area contributed by atoms with Crippen LogP contribution in [0.3, 0.4) is 0 Å². The highest BCUT2D eigenvalue weighted by Gasteiger charge is 2.06. The molecule has 0 saturated carbocycles. The van der Waals surface area contributed by atoms with Crippen LogP contribution in [0.15, 0.2) is 60.7 Å². The number of imidazole rings is 1. The van der Waals surface area contributed by atoms with Crippen LogP contribution in [0.4, 0.5) is 8.78 Å². The van der Waals surface area contributed by atoms with E-state index < -0.39 is 11.6 Å². The monoisotopic (exact) mass is 320 g/mol. The molecule has 0 amide bonds. The number of fused-ring (bicyclic) bond motifs is 1. The van der Waals surface area contributed by atoms with Gasteiger partial charge in [-0.25, -0.2) is 13.8 Å². The number of benzene rings is 3. The first-order chi connectivity index (χ1) is 11.6. The van der Waals surface area contributed by atoms with E-state index in [-0.39, 0.29) is 0 Å². The van der Waals surface area contributed by atoms with Gasteiger partial charge in [0, 0.05) is 0 Å². The molecular weight excluding hydrogens is 306 g/mol. The molecule has 0 aliphatic heterocycles. The Morgan fingerprint density at radius 2 is 1.29 bits per heavy atom. The minimum atomic E-state index is -0.836. The SMILES string of the molecule is Cc1nc2ccc(-c3ccc(-c4ccc(F)c(F)c4)cc3)cc2[nH]1. The van der Waals surface area contributed by atoms with Gasteiger partial charge in [-0.1, -0.05) is 36.4 Å². The molecule has 0 bridgehead atoms. The van der Waals surface area contributed by atoms with Gasteiger partial charge < -0.3 is 4.98 Å². The van der Waals surface area contributed by atoms with Crippen molar-refractivity contribution in [2.75, 3.05) is 0 Å². The minimum absolute atomic E-state index is 0.653. The quantitative estimate of drug-likeness (QED) is 0.520. The summed E-state index contributed by atoms with van der Waals surface area (Å²) in [7, 11) is 0. The Bertz CT molecular complexity index is 1030. The normalized spacial score (nSPS) is 11.1. The highest BCUT2D eigenvalue weighted by atomic mass is 19.2. The van der Waals surface area contributed by atoms with Crippen molar-refractivity contribution in [1.82, 2.24) is 9.97 Å². The van der Waals surface area contributed by atoms with Gasteiger partial charge in [0.05, 0.1) is 11.0 Å². The van der Waals surface area contributed by atoms with Crippen LogP contribution in [0.2, 0.25) is 0 Å². The number of H-pyrrole nitrogens is 1. The van der Waals surface area contributed by atoms with Crippen LogP contribution in [0.5, 0.6) is 0 Å². The standard InChI is InChI=1S/C20H14F2N2/c1-12-23-19-9-7-16(11-20(19)24-12)14-4-2-13(3-5-14)15-6-8-17(21)18(22)10-15/h2-11H,1H3,(H,23,24). The minimum Gasteiger partial charge on any atom is -0.342 e. The summed E-state index contributed by atoms with van der Waals surface area (Å²) in [5.74, 6) is -0.786. The summed E-state index contributed by atoms with van der Waals surface area (Å²) in [6.07, 6.45) is 0. The van der Waals surface area contributed by atoms with Gasteiger partial charge in [0.1, 0.15) is 5.82 Å². The molecule has 1 aromatic heterocycles. The Balaban J connectivity index is 1.70. The van der Waals surface area contributed by atoms with Gasteiger partial charge in [-0.05, 0) is 53.4 Å². The number of hydrogen-bond acceptors (Lipinski definition) is 1. The van der Waals surface area contributed by atoms with E-state index in [1.165, 1.54) is 6.07 Å². The number of nitrogens with one attached hydrogen (secondary N) is 1. The first-order valence-electron chi connectivity index (χ1n) is 7.62. The third-order valence-corrected chi connectivity index (χ3v) is 4.07. The Morgan fingerprint density at radius 1 is 0.708 bits per heavy atom. The fourth-order valence-corrected chi connectivity index (χ4v) is 2.85. The smallest absolute Gasteiger partial charge is 0.159 e. The third-order valence-electron chi connectivity index (χ3n) is 4.07. The first-order valence-corrected chi connectivity index (χ1v) is 7.62. The maximum absolute atomic E-state index is 13.4. The van der Waals surface area contributed by atoms with Gasteiger partial charge in [0.15, 0.2) is 11.6 Å². The highest BCUT2D eigenvalue weighted by molar-refractivity contribution is 5.82. The molecule has 2 nitrogen and oxygen atoms in total. The molecule has 0 fully saturated rings. The van der Waals surface area contributed by atoms with Crippen molar-refractivity contribution in [3.63, 3.8) is 0 Å². The molecule has 0 atom stereocenters. The van der Waals surface area contributed by atoms with E-state index >= 15 is 0 Å².